The summed E-state index contributed by atoms with van der Waals surface area (Å²) in [6.45, 7) is -2.32. The molecule has 1 unspecified atom stereocenters. The van der Waals surface area contributed by atoms with E-state index in [1.807, 2.05) is 0 Å². The van der Waals surface area contributed by atoms with Gasteiger partial charge in [0.25, 0.3) is 0 Å². The van der Waals surface area contributed by atoms with Crippen molar-refractivity contribution in [1.82, 2.24) is 25.0 Å². The number of hydrogen-bond donors (Lipinski definition) is 4. The number of aliphatic carboxylic acids is 1. The highest BCUT2D eigenvalue weighted by Gasteiger charge is 2.47. The number of carbonyl (C=O) groups is 3. The Balaban J connectivity index is 1.68. The quantitative estimate of drug-likeness (QED) is 0.243. The molecule has 0 spiro atoms. The molecule has 4 N–H and O–H groups in total. The van der Waals surface area contributed by atoms with Gasteiger partial charge < -0.3 is 20.8 Å². The fourth-order valence-electron chi connectivity index (χ4n) is 4.57. The zero-order valence-electron chi connectivity index (χ0n) is 22.8. The minimum atomic E-state index is -5.12. The summed E-state index contributed by atoms with van der Waals surface area (Å²) in [5, 5.41) is 27.8. The minimum absolute atomic E-state index is 0.0292. The molecule has 4 rings (SSSR count). The van der Waals surface area contributed by atoms with E-state index < -0.39 is 72.2 Å². The maximum Gasteiger partial charge on any atom is 0.416 e. The summed E-state index contributed by atoms with van der Waals surface area (Å²) in [7, 11) is 0. The van der Waals surface area contributed by atoms with Crippen LogP contribution in [0.25, 0.3) is 11.4 Å². The van der Waals surface area contributed by atoms with Crippen LogP contribution in [0.4, 0.5) is 26.3 Å². The number of halogens is 7. The van der Waals surface area contributed by atoms with Crippen molar-refractivity contribution in [2.75, 3.05) is 0 Å². The van der Waals surface area contributed by atoms with Crippen molar-refractivity contribution in [3.63, 3.8) is 0 Å². The van der Waals surface area contributed by atoms with Gasteiger partial charge in [-0.2, -0.15) is 26.3 Å². The Morgan fingerprint density at radius 3 is 2.22 bits per heavy atom. The second kappa shape index (κ2) is 12.5. The summed E-state index contributed by atoms with van der Waals surface area (Å²) in [5.74, 6) is -4.11. The summed E-state index contributed by atoms with van der Waals surface area (Å²) in [6, 6.07) is 6.81. The highest BCUT2D eigenvalue weighted by atomic mass is 35.5. The first kappa shape index (κ1) is 33.5. The lowest BCUT2D eigenvalue weighted by molar-refractivity contribution is -0.207. The zero-order valence-corrected chi connectivity index (χ0v) is 23.6. The van der Waals surface area contributed by atoms with E-state index >= 15 is 0 Å². The number of rotatable bonds is 10. The van der Waals surface area contributed by atoms with Crippen LogP contribution in [0.2, 0.25) is 5.02 Å². The van der Waals surface area contributed by atoms with E-state index in [2.05, 4.69) is 15.7 Å². The van der Waals surface area contributed by atoms with Crippen LogP contribution < -0.4 is 16.3 Å². The highest BCUT2D eigenvalue weighted by molar-refractivity contribution is 6.30. The largest absolute Gasteiger partial charge is 0.480 e. The SMILES string of the molecule is O=C(Cn1nc(-c2ccc(Cl)cc2)n(C[C@H](O)C(F)(F)F)c1=O)NC(C(=O)NC1(C(=O)O)CCC1)c1cccc(C(F)(F)F)c1. The molecule has 2 aromatic carbocycles. The van der Waals surface area contributed by atoms with Crippen molar-refractivity contribution >= 4 is 29.4 Å². The third-order valence-corrected chi connectivity index (χ3v) is 7.40. The van der Waals surface area contributed by atoms with Crippen LogP contribution >= 0.6 is 11.6 Å². The number of nitrogens with one attached hydrogen (secondary N) is 2. The van der Waals surface area contributed by atoms with Crippen LogP contribution in [0.3, 0.4) is 0 Å². The molecule has 3 aromatic rings. The Labute approximate surface area is 254 Å². The van der Waals surface area contributed by atoms with Crippen molar-refractivity contribution in [1.29, 1.82) is 0 Å². The minimum Gasteiger partial charge on any atom is -0.480 e. The number of carbonyl (C=O) groups excluding carboxylic acids is 2. The fraction of sp³-hybridized carbons (Fsp3) is 0.370. The molecule has 2 amide bonds. The first-order valence-corrected chi connectivity index (χ1v) is 13.5. The normalized spacial score (nSPS) is 15.9. The molecular formula is C27H24ClF6N5O6. The van der Waals surface area contributed by atoms with E-state index in [4.69, 9.17) is 11.6 Å². The van der Waals surface area contributed by atoms with Gasteiger partial charge in [0, 0.05) is 10.6 Å². The standard InChI is InChI=1S/C27H24ClF6N5O6/c28-17-7-5-14(6-8-17)21-37-39(24(45)38(21)12-18(40)27(32,33)34)13-19(41)35-20(15-3-1-4-16(11-15)26(29,30)31)22(42)36-25(23(43)44)9-2-10-25/h1,3-8,11,18,20,40H,2,9-10,12-13H2,(H,35,41)(H,36,42)(H,43,44)/t18-,20?/m0/s1. The Morgan fingerprint density at radius 1 is 1.04 bits per heavy atom. The molecule has 18 heteroatoms. The number of aliphatic hydroxyl groups excluding tert-OH is 1. The molecule has 242 valence electrons. The van der Waals surface area contributed by atoms with Crippen molar-refractivity contribution in [3.05, 3.63) is 75.2 Å². The van der Waals surface area contributed by atoms with Crippen molar-refractivity contribution in [2.45, 2.75) is 62.4 Å². The number of hydrogen-bond acceptors (Lipinski definition) is 6. The molecule has 1 aliphatic rings. The molecule has 1 aromatic heterocycles. The molecule has 0 saturated heterocycles. The molecule has 0 aliphatic heterocycles. The van der Waals surface area contributed by atoms with Crippen LogP contribution in [0, 0.1) is 0 Å². The number of nitrogens with zero attached hydrogens (tertiary/aromatic N) is 3. The molecule has 45 heavy (non-hydrogen) atoms. The van der Waals surface area contributed by atoms with E-state index in [1.54, 1.807) is 0 Å². The Bertz CT molecular complexity index is 1650. The van der Waals surface area contributed by atoms with Gasteiger partial charge in [-0.05, 0) is 61.2 Å². The fourth-order valence-corrected chi connectivity index (χ4v) is 4.69. The second-order valence-corrected chi connectivity index (χ2v) is 10.7. The number of alkyl halides is 6. The molecule has 11 nitrogen and oxygen atoms in total. The predicted octanol–water partition coefficient (Wildman–Crippen LogP) is 3.29. The van der Waals surface area contributed by atoms with Gasteiger partial charge in [-0.3, -0.25) is 14.2 Å². The first-order valence-electron chi connectivity index (χ1n) is 13.1. The van der Waals surface area contributed by atoms with Crippen molar-refractivity contribution in [3.8, 4) is 11.4 Å². The van der Waals surface area contributed by atoms with E-state index in [9.17, 15) is 55.7 Å². The molecule has 2 atom stereocenters. The molecule has 0 radical (unpaired) electrons. The molecule has 1 aliphatic carbocycles. The third kappa shape index (κ3) is 7.47. The summed E-state index contributed by atoms with van der Waals surface area (Å²) in [4.78, 5) is 51.3. The average Bonchev–Trinajstić information content (AvgIpc) is 3.22. The van der Waals surface area contributed by atoms with Gasteiger partial charge in [0.1, 0.15) is 18.1 Å². The van der Waals surface area contributed by atoms with Gasteiger partial charge >= 0.3 is 24.0 Å². The van der Waals surface area contributed by atoms with Crippen LogP contribution in [-0.4, -0.2) is 60.2 Å². The lowest BCUT2D eigenvalue weighted by Gasteiger charge is -2.39. The van der Waals surface area contributed by atoms with E-state index in [0.717, 1.165) is 12.1 Å². The number of carboxylic acids is 1. The smallest absolute Gasteiger partial charge is 0.416 e. The lowest BCUT2D eigenvalue weighted by Crippen LogP contribution is -2.61. The summed E-state index contributed by atoms with van der Waals surface area (Å²) in [6.07, 6.45) is -12.4. The number of carboxylic acid groups (broad SMARTS) is 1. The van der Waals surface area contributed by atoms with Gasteiger partial charge in [-0.15, -0.1) is 5.10 Å². The van der Waals surface area contributed by atoms with Gasteiger partial charge in [0.15, 0.2) is 11.9 Å². The van der Waals surface area contributed by atoms with E-state index in [0.29, 0.717) is 27.8 Å². The first-order chi connectivity index (χ1) is 20.9. The second-order valence-electron chi connectivity index (χ2n) is 10.3. The maximum absolute atomic E-state index is 13.4. The van der Waals surface area contributed by atoms with Gasteiger partial charge in [0.05, 0.1) is 12.1 Å². The van der Waals surface area contributed by atoms with Gasteiger partial charge in [-0.1, -0.05) is 23.7 Å². The molecule has 1 fully saturated rings. The van der Waals surface area contributed by atoms with Crippen LogP contribution in [0.5, 0.6) is 0 Å². The Morgan fingerprint density at radius 2 is 1.69 bits per heavy atom. The summed E-state index contributed by atoms with van der Waals surface area (Å²) < 4.78 is 80.6. The lowest BCUT2D eigenvalue weighted by atomic mass is 9.76. The number of benzene rings is 2. The van der Waals surface area contributed by atoms with Crippen LogP contribution in [0.1, 0.15) is 36.4 Å². The van der Waals surface area contributed by atoms with Gasteiger partial charge in [0.2, 0.25) is 11.8 Å². The average molecular weight is 664 g/mol. The van der Waals surface area contributed by atoms with Gasteiger partial charge in [-0.25, -0.2) is 14.3 Å². The molecule has 0 bridgehead atoms. The number of amides is 2. The zero-order chi connectivity index (χ0) is 33.3. The highest BCUT2D eigenvalue weighted by Crippen LogP contribution is 2.34. The summed E-state index contributed by atoms with van der Waals surface area (Å²) in [5.41, 5.74) is -4.43. The van der Waals surface area contributed by atoms with Crippen molar-refractivity contribution < 1.29 is 50.9 Å². The molecule has 1 heterocycles. The molecular weight excluding hydrogens is 640 g/mol. The predicted molar refractivity (Wildman–Crippen MR) is 144 cm³/mol. The maximum atomic E-state index is 13.4. The van der Waals surface area contributed by atoms with E-state index in [1.165, 1.54) is 24.3 Å². The summed E-state index contributed by atoms with van der Waals surface area (Å²) >= 11 is 5.85. The monoisotopic (exact) mass is 663 g/mol. The topological polar surface area (TPSA) is 156 Å². The van der Waals surface area contributed by atoms with Crippen LogP contribution in [-0.2, 0) is 33.6 Å². The Hall–Kier alpha value is -4.38. The van der Waals surface area contributed by atoms with Crippen molar-refractivity contribution in [2.24, 2.45) is 0 Å². The van der Waals surface area contributed by atoms with E-state index in [-0.39, 0.29) is 34.8 Å². The third-order valence-electron chi connectivity index (χ3n) is 7.15. The number of aliphatic hydroxyl groups is 1. The van der Waals surface area contributed by atoms with Crippen LogP contribution in [0.15, 0.2) is 53.3 Å². The number of aromatic nitrogens is 3. The molecule has 1 saturated carbocycles. The Kier molecular flexibility index (Phi) is 9.35.